The van der Waals surface area contributed by atoms with Crippen LogP contribution in [-0.2, 0) is 14.9 Å². The van der Waals surface area contributed by atoms with E-state index in [9.17, 15) is 13.2 Å². The Morgan fingerprint density at radius 1 is 1.47 bits per heavy atom. The van der Waals surface area contributed by atoms with Gasteiger partial charge in [-0.15, -0.1) is 0 Å². The van der Waals surface area contributed by atoms with Crippen molar-refractivity contribution in [1.82, 2.24) is 9.03 Å². The first-order chi connectivity index (χ1) is 7.83. The normalized spacial score (nSPS) is 11.9. The fourth-order valence-electron chi connectivity index (χ4n) is 1.09. The Balaban J connectivity index is 4.47. The maximum Gasteiger partial charge on any atom is 0.422 e. The van der Waals surface area contributed by atoms with Crippen molar-refractivity contribution in [2.24, 2.45) is 0 Å². The standard InChI is InChI=1S/C9H19BrN2O4S/c1-4-12(7-5-6-10)17(14,15)11-9(13)16-8(2)3/h8H,4-7H2,1-3H3,(H,11,13). The Hall–Kier alpha value is -0.340. The van der Waals surface area contributed by atoms with Gasteiger partial charge in [0.2, 0.25) is 0 Å². The zero-order valence-electron chi connectivity index (χ0n) is 10.3. The smallest absolute Gasteiger partial charge is 0.422 e. The molecule has 1 amide bonds. The molecule has 0 aliphatic carbocycles. The lowest BCUT2D eigenvalue weighted by Crippen LogP contribution is -2.44. The predicted molar refractivity (Wildman–Crippen MR) is 69.3 cm³/mol. The molecule has 0 fully saturated rings. The number of carbonyl (C=O) groups is 1. The van der Waals surface area contributed by atoms with Crippen LogP contribution >= 0.6 is 15.9 Å². The first kappa shape index (κ1) is 16.7. The van der Waals surface area contributed by atoms with E-state index >= 15 is 0 Å². The van der Waals surface area contributed by atoms with Crippen molar-refractivity contribution in [2.75, 3.05) is 18.4 Å². The van der Waals surface area contributed by atoms with E-state index in [2.05, 4.69) is 15.9 Å². The van der Waals surface area contributed by atoms with E-state index in [1.54, 1.807) is 20.8 Å². The van der Waals surface area contributed by atoms with Gasteiger partial charge in [-0.05, 0) is 20.3 Å². The number of nitrogens with zero attached hydrogens (tertiary/aromatic N) is 1. The first-order valence-electron chi connectivity index (χ1n) is 5.38. The molecule has 0 rings (SSSR count). The third-order valence-electron chi connectivity index (χ3n) is 1.79. The molecule has 0 unspecified atom stereocenters. The number of hydrogen-bond acceptors (Lipinski definition) is 4. The summed E-state index contributed by atoms with van der Waals surface area (Å²) >= 11 is 3.22. The lowest BCUT2D eigenvalue weighted by Gasteiger charge is -2.20. The van der Waals surface area contributed by atoms with E-state index < -0.39 is 16.3 Å². The van der Waals surface area contributed by atoms with Crippen molar-refractivity contribution in [1.29, 1.82) is 0 Å². The largest absolute Gasteiger partial charge is 0.446 e. The minimum absolute atomic E-state index is 0.303. The van der Waals surface area contributed by atoms with Crippen LogP contribution in [0.4, 0.5) is 4.79 Å². The summed E-state index contributed by atoms with van der Waals surface area (Å²) in [5, 5.41) is 0.704. The minimum atomic E-state index is -3.80. The molecule has 0 radical (unpaired) electrons. The predicted octanol–water partition coefficient (Wildman–Crippen LogP) is 1.47. The molecule has 8 heteroatoms. The summed E-state index contributed by atoms with van der Waals surface area (Å²) in [5.41, 5.74) is 0. The van der Waals surface area contributed by atoms with Crippen molar-refractivity contribution in [3.05, 3.63) is 0 Å². The maximum atomic E-state index is 11.8. The molecule has 0 aromatic heterocycles. The molecule has 0 saturated heterocycles. The molecular weight excluding hydrogens is 312 g/mol. The average Bonchev–Trinajstić information content (AvgIpc) is 2.15. The van der Waals surface area contributed by atoms with Crippen LogP contribution in [0.1, 0.15) is 27.2 Å². The summed E-state index contributed by atoms with van der Waals surface area (Å²) in [5.74, 6) is 0. The number of nitrogens with one attached hydrogen (secondary N) is 1. The summed E-state index contributed by atoms with van der Waals surface area (Å²) < 4.78 is 31.3. The summed E-state index contributed by atoms with van der Waals surface area (Å²) in [4.78, 5) is 11.2. The van der Waals surface area contributed by atoms with E-state index in [0.717, 1.165) is 0 Å². The van der Waals surface area contributed by atoms with Gasteiger partial charge in [0.15, 0.2) is 0 Å². The molecule has 102 valence electrons. The number of alkyl halides is 1. The van der Waals surface area contributed by atoms with Crippen LogP contribution in [0.15, 0.2) is 0 Å². The zero-order chi connectivity index (χ0) is 13.5. The molecule has 0 aromatic carbocycles. The molecule has 0 bridgehead atoms. The topological polar surface area (TPSA) is 75.7 Å². The van der Waals surface area contributed by atoms with Crippen LogP contribution in [-0.4, -0.2) is 43.3 Å². The number of halogens is 1. The van der Waals surface area contributed by atoms with Crippen molar-refractivity contribution >= 4 is 32.2 Å². The first-order valence-corrected chi connectivity index (χ1v) is 7.94. The fraction of sp³-hybridized carbons (Fsp3) is 0.889. The average molecular weight is 331 g/mol. The molecule has 0 aromatic rings. The van der Waals surface area contributed by atoms with Crippen LogP contribution in [0, 0.1) is 0 Å². The highest BCUT2D eigenvalue weighted by Gasteiger charge is 2.23. The highest BCUT2D eigenvalue weighted by molar-refractivity contribution is 9.09. The van der Waals surface area contributed by atoms with Crippen molar-refractivity contribution in [3.63, 3.8) is 0 Å². The number of ether oxygens (including phenoxy) is 1. The quantitative estimate of drug-likeness (QED) is 0.717. The summed E-state index contributed by atoms with van der Waals surface area (Å²) in [6.45, 7) is 5.66. The second-order valence-corrected chi connectivity index (χ2v) is 6.06. The lowest BCUT2D eigenvalue weighted by atomic mass is 10.5. The highest BCUT2D eigenvalue weighted by Crippen LogP contribution is 2.02. The van der Waals surface area contributed by atoms with Crippen LogP contribution in [0.3, 0.4) is 0 Å². The van der Waals surface area contributed by atoms with Crippen molar-refractivity contribution in [3.8, 4) is 0 Å². The van der Waals surface area contributed by atoms with Gasteiger partial charge < -0.3 is 4.74 Å². The Morgan fingerprint density at radius 3 is 2.47 bits per heavy atom. The molecule has 0 spiro atoms. The van der Waals surface area contributed by atoms with Gasteiger partial charge in [0.05, 0.1) is 6.10 Å². The Bertz CT molecular complexity index is 332. The Labute approximate surface area is 111 Å². The van der Waals surface area contributed by atoms with Gasteiger partial charge in [0.1, 0.15) is 0 Å². The Kier molecular flexibility index (Phi) is 7.73. The van der Waals surface area contributed by atoms with Crippen LogP contribution in [0.25, 0.3) is 0 Å². The van der Waals surface area contributed by atoms with Gasteiger partial charge in [-0.25, -0.2) is 9.52 Å². The van der Waals surface area contributed by atoms with Gasteiger partial charge in [-0.1, -0.05) is 22.9 Å². The lowest BCUT2D eigenvalue weighted by molar-refractivity contribution is 0.121. The highest BCUT2D eigenvalue weighted by atomic mass is 79.9. The minimum Gasteiger partial charge on any atom is -0.446 e. The molecule has 0 saturated carbocycles. The number of amides is 1. The van der Waals surface area contributed by atoms with Crippen LogP contribution < -0.4 is 4.72 Å². The monoisotopic (exact) mass is 330 g/mol. The molecule has 0 aliphatic heterocycles. The second-order valence-electron chi connectivity index (χ2n) is 3.60. The third-order valence-corrected chi connectivity index (χ3v) is 3.89. The number of rotatable bonds is 7. The molecule has 0 atom stereocenters. The molecule has 6 nitrogen and oxygen atoms in total. The zero-order valence-corrected chi connectivity index (χ0v) is 12.7. The molecular formula is C9H19BrN2O4S. The van der Waals surface area contributed by atoms with Crippen LogP contribution in [0.5, 0.6) is 0 Å². The van der Waals surface area contributed by atoms with Gasteiger partial charge in [0, 0.05) is 18.4 Å². The van der Waals surface area contributed by atoms with Crippen molar-refractivity contribution < 1.29 is 17.9 Å². The van der Waals surface area contributed by atoms with E-state index in [-0.39, 0.29) is 6.10 Å². The maximum absolute atomic E-state index is 11.8. The second kappa shape index (κ2) is 7.88. The molecule has 0 heterocycles. The van der Waals surface area contributed by atoms with E-state index in [4.69, 9.17) is 4.74 Å². The molecule has 1 N–H and O–H groups in total. The van der Waals surface area contributed by atoms with E-state index in [1.165, 1.54) is 4.31 Å². The van der Waals surface area contributed by atoms with Gasteiger partial charge in [0.25, 0.3) is 0 Å². The number of hydrogen-bond donors (Lipinski definition) is 1. The fourth-order valence-corrected chi connectivity index (χ4v) is 2.44. The van der Waals surface area contributed by atoms with E-state index in [1.807, 2.05) is 4.72 Å². The molecule has 0 aliphatic rings. The van der Waals surface area contributed by atoms with E-state index in [0.29, 0.717) is 24.8 Å². The van der Waals surface area contributed by atoms with Crippen molar-refractivity contribution in [2.45, 2.75) is 33.3 Å². The summed E-state index contributed by atoms with van der Waals surface area (Å²) in [7, 11) is -3.80. The Morgan fingerprint density at radius 2 is 2.06 bits per heavy atom. The van der Waals surface area contributed by atoms with Gasteiger partial charge >= 0.3 is 16.3 Å². The molecule has 17 heavy (non-hydrogen) atoms. The summed E-state index contributed by atoms with van der Waals surface area (Å²) in [6, 6.07) is 0. The van der Waals surface area contributed by atoms with Gasteiger partial charge in [-0.3, -0.25) is 0 Å². The van der Waals surface area contributed by atoms with Crippen LogP contribution in [0.2, 0.25) is 0 Å². The van der Waals surface area contributed by atoms with Gasteiger partial charge in [-0.2, -0.15) is 12.7 Å². The SMILES string of the molecule is CCN(CCCBr)S(=O)(=O)NC(=O)OC(C)C. The number of carbonyl (C=O) groups excluding carboxylic acids is 1. The summed E-state index contributed by atoms with van der Waals surface area (Å²) in [6.07, 6.45) is -0.631. The third kappa shape index (κ3) is 6.85.